The minimum Gasteiger partial charge on any atom is -0.308 e. The molecule has 0 radical (unpaired) electrons. The Labute approximate surface area is 136 Å². The van der Waals surface area contributed by atoms with Gasteiger partial charge in [0.25, 0.3) is 0 Å². The van der Waals surface area contributed by atoms with Crippen LogP contribution in [0.4, 0.5) is 23.2 Å². The zero-order valence-electron chi connectivity index (χ0n) is 13.0. The SMILES string of the molecule is CN(C)CC1(C(F)(F)F)C2=CC=CN(O)C2=Nc2ccc(F)cc21. The van der Waals surface area contributed by atoms with E-state index in [0.717, 1.165) is 12.1 Å². The van der Waals surface area contributed by atoms with Gasteiger partial charge in [0, 0.05) is 23.9 Å². The maximum Gasteiger partial charge on any atom is 0.403 e. The molecule has 128 valence electrons. The Hall–Kier alpha value is -2.19. The molecule has 1 aromatic rings. The number of aliphatic imine (C=N–C) groups is 1. The molecule has 2 aliphatic rings. The van der Waals surface area contributed by atoms with Gasteiger partial charge in [0.15, 0.2) is 5.84 Å². The first-order valence-electron chi connectivity index (χ1n) is 7.14. The number of hydroxylamine groups is 2. The number of hydrogen-bond donors (Lipinski definition) is 1. The van der Waals surface area contributed by atoms with E-state index in [9.17, 15) is 22.8 Å². The summed E-state index contributed by atoms with van der Waals surface area (Å²) >= 11 is 0. The highest BCUT2D eigenvalue weighted by molar-refractivity contribution is 6.05. The second kappa shape index (κ2) is 5.42. The third-order valence-electron chi connectivity index (χ3n) is 4.09. The van der Waals surface area contributed by atoms with Crippen LogP contribution in [0, 0.1) is 5.82 Å². The predicted octanol–water partition coefficient (Wildman–Crippen LogP) is 3.38. The summed E-state index contributed by atoms with van der Waals surface area (Å²) in [5, 5.41) is 10.5. The van der Waals surface area contributed by atoms with E-state index in [-0.39, 0.29) is 22.7 Å². The third-order valence-corrected chi connectivity index (χ3v) is 4.09. The van der Waals surface area contributed by atoms with E-state index in [4.69, 9.17) is 0 Å². The van der Waals surface area contributed by atoms with Gasteiger partial charge in [-0.2, -0.15) is 13.2 Å². The number of hydrogen-bond acceptors (Lipinski definition) is 4. The smallest absolute Gasteiger partial charge is 0.308 e. The Morgan fingerprint density at radius 3 is 2.62 bits per heavy atom. The summed E-state index contributed by atoms with van der Waals surface area (Å²) in [4.78, 5) is 5.47. The fourth-order valence-corrected chi connectivity index (χ4v) is 3.18. The summed E-state index contributed by atoms with van der Waals surface area (Å²) in [7, 11) is 3.02. The number of allylic oxidation sites excluding steroid dienone is 2. The van der Waals surface area contributed by atoms with E-state index < -0.39 is 24.0 Å². The summed E-state index contributed by atoms with van der Waals surface area (Å²) in [6, 6.07) is 3.11. The first-order valence-corrected chi connectivity index (χ1v) is 7.14. The van der Waals surface area contributed by atoms with E-state index in [1.165, 1.54) is 43.4 Å². The number of halogens is 4. The number of alkyl halides is 3. The molecule has 0 spiro atoms. The molecule has 0 fully saturated rings. The molecule has 1 aromatic carbocycles. The molecule has 0 aliphatic carbocycles. The largest absolute Gasteiger partial charge is 0.403 e. The highest BCUT2D eigenvalue weighted by Crippen LogP contribution is 2.53. The first-order chi connectivity index (χ1) is 11.2. The Morgan fingerprint density at radius 2 is 2.00 bits per heavy atom. The maximum absolute atomic E-state index is 14.3. The van der Waals surface area contributed by atoms with Crippen LogP contribution in [0.3, 0.4) is 0 Å². The van der Waals surface area contributed by atoms with Crippen LogP contribution in [0.5, 0.6) is 0 Å². The topological polar surface area (TPSA) is 39.1 Å². The van der Waals surface area contributed by atoms with Crippen LogP contribution in [0.1, 0.15) is 5.56 Å². The lowest BCUT2D eigenvalue weighted by Crippen LogP contribution is -2.55. The van der Waals surface area contributed by atoms with E-state index >= 15 is 0 Å². The van der Waals surface area contributed by atoms with Gasteiger partial charge in [-0.25, -0.2) is 14.4 Å². The van der Waals surface area contributed by atoms with E-state index in [1.54, 1.807) is 0 Å². The fraction of sp³-hybridized carbons (Fsp3) is 0.312. The van der Waals surface area contributed by atoms with Crippen molar-refractivity contribution < 1.29 is 22.8 Å². The van der Waals surface area contributed by atoms with Gasteiger partial charge in [-0.15, -0.1) is 0 Å². The van der Waals surface area contributed by atoms with Crippen molar-refractivity contribution in [2.24, 2.45) is 4.99 Å². The number of nitrogens with zero attached hydrogens (tertiary/aromatic N) is 3. The second-order valence-electron chi connectivity index (χ2n) is 6.00. The quantitative estimate of drug-likeness (QED) is 0.839. The monoisotopic (exact) mass is 341 g/mol. The molecule has 1 N–H and O–H groups in total. The first kappa shape index (κ1) is 16.7. The molecule has 2 heterocycles. The molecule has 0 amide bonds. The fourth-order valence-electron chi connectivity index (χ4n) is 3.18. The third kappa shape index (κ3) is 2.33. The minimum absolute atomic E-state index is 0.0166. The molecule has 4 nitrogen and oxygen atoms in total. The molecular weight excluding hydrogens is 326 g/mol. The Morgan fingerprint density at radius 1 is 1.29 bits per heavy atom. The number of benzene rings is 1. The number of amidine groups is 1. The van der Waals surface area contributed by atoms with E-state index in [0.29, 0.717) is 5.06 Å². The van der Waals surface area contributed by atoms with Crippen LogP contribution in [0.2, 0.25) is 0 Å². The zero-order valence-corrected chi connectivity index (χ0v) is 13.0. The van der Waals surface area contributed by atoms with Crippen LogP contribution in [0.25, 0.3) is 0 Å². The maximum atomic E-state index is 14.3. The molecule has 3 rings (SSSR count). The Balaban J connectivity index is 2.39. The molecule has 0 saturated heterocycles. The lowest BCUT2D eigenvalue weighted by molar-refractivity contribution is -0.182. The van der Waals surface area contributed by atoms with Crippen LogP contribution >= 0.6 is 0 Å². The molecule has 24 heavy (non-hydrogen) atoms. The summed E-state index contributed by atoms with van der Waals surface area (Å²) in [5.41, 5.74) is -3.00. The van der Waals surface area contributed by atoms with Crippen molar-refractivity contribution in [1.29, 1.82) is 0 Å². The van der Waals surface area contributed by atoms with Crippen molar-refractivity contribution >= 4 is 11.5 Å². The average molecular weight is 341 g/mol. The summed E-state index contributed by atoms with van der Waals surface area (Å²) in [5.74, 6) is -0.983. The van der Waals surface area contributed by atoms with Gasteiger partial charge in [-0.3, -0.25) is 5.21 Å². The van der Waals surface area contributed by atoms with Gasteiger partial charge in [0.1, 0.15) is 11.2 Å². The molecule has 0 saturated carbocycles. The van der Waals surface area contributed by atoms with Crippen molar-refractivity contribution in [3.8, 4) is 0 Å². The Kier molecular flexibility index (Phi) is 3.76. The highest BCUT2D eigenvalue weighted by Gasteiger charge is 2.62. The van der Waals surface area contributed by atoms with Crippen LogP contribution in [0.15, 0.2) is 47.1 Å². The molecule has 0 aromatic heterocycles. The standard InChI is InChI=1S/C16H15F4N3O/c1-22(2)9-15(16(18,19)20)11-4-3-7-23(24)14(11)21-13-6-5-10(17)8-12(13)15/h3-8,24H,9H2,1-2H3. The van der Waals surface area contributed by atoms with Gasteiger partial charge in [0.2, 0.25) is 0 Å². The van der Waals surface area contributed by atoms with E-state index in [1.807, 2.05) is 0 Å². The van der Waals surface area contributed by atoms with Crippen molar-refractivity contribution in [2.45, 2.75) is 11.6 Å². The van der Waals surface area contributed by atoms with Gasteiger partial charge < -0.3 is 4.90 Å². The number of rotatable bonds is 2. The molecule has 1 atom stereocenters. The molecule has 0 bridgehead atoms. The Bertz CT molecular complexity index is 767. The predicted molar refractivity (Wildman–Crippen MR) is 80.6 cm³/mol. The molecule has 8 heteroatoms. The highest BCUT2D eigenvalue weighted by atomic mass is 19.4. The zero-order chi connectivity index (χ0) is 17.7. The minimum atomic E-state index is -4.72. The summed E-state index contributed by atoms with van der Waals surface area (Å²) < 4.78 is 56.6. The molecule has 1 unspecified atom stereocenters. The number of likely N-dealkylation sites (N-methyl/N-ethyl adjacent to an activating group) is 1. The van der Waals surface area contributed by atoms with Crippen molar-refractivity contribution in [2.75, 3.05) is 20.6 Å². The van der Waals surface area contributed by atoms with Gasteiger partial charge >= 0.3 is 6.18 Å². The van der Waals surface area contributed by atoms with Crippen molar-refractivity contribution in [1.82, 2.24) is 9.96 Å². The number of fused-ring (bicyclic) bond motifs is 2. The normalized spacial score (nSPS) is 22.9. The van der Waals surface area contributed by atoms with Gasteiger partial charge in [0.05, 0.1) is 5.69 Å². The summed E-state index contributed by atoms with van der Waals surface area (Å²) in [6.45, 7) is -0.445. The van der Waals surface area contributed by atoms with Gasteiger partial charge in [-0.05, 0) is 38.4 Å². The second-order valence-corrected chi connectivity index (χ2v) is 6.00. The van der Waals surface area contributed by atoms with Crippen LogP contribution in [-0.2, 0) is 5.41 Å². The van der Waals surface area contributed by atoms with Crippen LogP contribution in [-0.4, -0.2) is 47.8 Å². The van der Waals surface area contributed by atoms with Gasteiger partial charge in [-0.1, -0.05) is 6.08 Å². The molecular formula is C16H15F4N3O. The molecule has 2 aliphatic heterocycles. The van der Waals surface area contributed by atoms with Crippen LogP contribution < -0.4 is 0 Å². The summed E-state index contributed by atoms with van der Waals surface area (Å²) in [6.07, 6.45) is -0.961. The van der Waals surface area contributed by atoms with Crippen molar-refractivity contribution in [3.05, 3.63) is 53.5 Å². The lowest BCUT2D eigenvalue weighted by atomic mass is 9.69. The average Bonchev–Trinajstić information content (AvgIpc) is 2.47. The van der Waals surface area contributed by atoms with E-state index in [2.05, 4.69) is 4.99 Å². The lowest BCUT2D eigenvalue weighted by Gasteiger charge is -2.44. The van der Waals surface area contributed by atoms with Crippen molar-refractivity contribution in [3.63, 3.8) is 0 Å².